The third kappa shape index (κ3) is 4.53. The summed E-state index contributed by atoms with van der Waals surface area (Å²) < 4.78 is 47.0. The topological polar surface area (TPSA) is 99.2 Å². The standard InChI is InChI=1S/C28H30FN3O5S/c1-18-24-16-30-32(22-11-9-21(29)10-12-22)25(24)15-19-7-8-20(27(18)19)17-31(13-14-33)38(35,36)26-6-4-3-5-23(26)28(34)37-2/h3-6,9-12,15-16,18,20,30,33H,7-8,13-14,17H2,1-2H3/t18-,20+/m0/s1. The number of anilines is 1. The van der Waals surface area contributed by atoms with Crippen molar-refractivity contribution < 1.29 is 27.4 Å². The van der Waals surface area contributed by atoms with Gasteiger partial charge in [-0.2, -0.15) is 4.31 Å². The summed E-state index contributed by atoms with van der Waals surface area (Å²) in [5, 5.41) is 11.7. The molecule has 0 spiro atoms. The second-order valence-electron chi connectivity index (χ2n) is 9.58. The minimum atomic E-state index is -4.09. The normalized spacial score (nSPS) is 20.6. The van der Waals surface area contributed by atoms with Gasteiger partial charge in [0.15, 0.2) is 0 Å². The molecular weight excluding hydrogens is 509 g/mol. The SMILES string of the molecule is COC(=O)c1ccccc1S(=O)(=O)N(CCO)C[C@H]1CCC2=C1[C@@H](C)C1=CNN(c3ccc(F)cc3)C1=C2. The predicted octanol–water partition coefficient (Wildman–Crippen LogP) is 3.74. The third-order valence-corrected chi connectivity index (χ3v) is 9.39. The Balaban J connectivity index is 1.45. The number of aliphatic hydroxyl groups excluding tert-OH is 1. The van der Waals surface area contributed by atoms with Crippen molar-refractivity contribution in [2.75, 3.05) is 31.8 Å². The van der Waals surface area contributed by atoms with Crippen LogP contribution in [0.25, 0.3) is 0 Å². The minimum Gasteiger partial charge on any atom is -0.465 e. The molecule has 1 heterocycles. The molecule has 2 aromatic rings. The van der Waals surface area contributed by atoms with Crippen molar-refractivity contribution in [3.8, 4) is 0 Å². The Kier molecular flexibility index (Phi) is 7.13. The zero-order valence-corrected chi connectivity index (χ0v) is 22.0. The molecule has 2 aliphatic carbocycles. The van der Waals surface area contributed by atoms with Crippen LogP contribution in [0.5, 0.6) is 0 Å². The smallest absolute Gasteiger partial charge is 0.339 e. The molecule has 3 aliphatic rings. The van der Waals surface area contributed by atoms with Crippen LogP contribution >= 0.6 is 0 Å². The summed E-state index contributed by atoms with van der Waals surface area (Å²) in [4.78, 5) is 12.1. The lowest BCUT2D eigenvalue weighted by Gasteiger charge is -2.32. The van der Waals surface area contributed by atoms with Crippen LogP contribution in [0.2, 0.25) is 0 Å². The molecule has 5 rings (SSSR count). The molecule has 2 aromatic carbocycles. The number of fused-ring (bicyclic) bond motifs is 1. The van der Waals surface area contributed by atoms with E-state index in [9.17, 15) is 22.7 Å². The first-order valence-electron chi connectivity index (χ1n) is 12.5. The minimum absolute atomic E-state index is 0.0362. The van der Waals surface area contributed by atoms with E-state index >= 15 is 0 Å². The number of nitrogens with one attached hydrogen (secondary N) is 1. The van der Waals surface area contributed by atoms with E-state index < -0.39 is 16.0 Å². The fraction of sp³-hybridized carbons (Fsp3) is 0.321. The molecule has 0 fully saturated rings. The molecular formula is C28H30FN3O5S. The lowest BCUT2D eigenvalue weighted by molar-refractivity contribution is 0.0596. The Morgan fingerprint density at radius 3 is 2.66 bits per heavy atom. The molecule has 0 amide bonds. The summed E-state index contributed by atoms with van der Waals surface area (Å²) in [6, 6.07) is 12.2. The lowest BCUT2D eigenvalue weighted by Crippen LogP contribution is -2.39. The quantitative estimate of drug-likeness (QED) is 0.493. The van der Waals surface area contributed by atoms with E-state index in [1.807, 2.05) is 11.2 Å². The van der Waals surface area contributed by atoms with Gasteiger partial charge >= 0.3 is 5.97 Å². The van der Waals surface area contributed by atoms with E-state index in [0.717, 1.165) is 29.8 Å². The van der Waals surface area contributed by atoms with E-state index in [2.05, 4.69) is 18.4 Å². The molecule has 8 nitrogen and oxygen atoms in total. The molecule has 0 unspecified atom stereocenters. The molecule has 1 aliphatic heterocycles. The fourth-order valence-electron chi connectivity index (χ4n) is 5.68. The second-order valence-corrected chi connectivity index (χ2v) is 11.5. The van der Waals surface area contributed by atoms with Crippen molar-refractivity contribution in [1.29, 1.82) is 0 Å². The molecule has 0 saturated heterocycles. The number of nitrogens with zero attached hydrogens (tertiary/aromatic N) is 2. The fourth-order valence-corrected chi connectivity index (χ4v) is 7.34. The number of esters is 1. The summed E-state index contributed by atoms with van der Waals surface area (Å²) in [5.41, 5.74) is 8.47. The number of ether oxygens (including phenoxy) is 1. The molecule has 0 aromatic heterocycles. The Morgan fingerprint density at radius 1 is 1.21 bits per heavy atom. The Labute approximate surface area is 221 Å². The summed E-state index contributed by atoms with van der Waals surface area (Å²) in [7, 11) is -2.88. The van der Waals surface area contributed by atoms with Crippen LogP contribution in [0.4, 0.5) is 10.1 Å². The number of halogens is 1. The van der Waals surface area contributed by atoms with Gasteiger partial charge < -0.3 is 15.3 Å². The highest BCUT2D eigenvalue weighted by atomic mass is 32.2. The van der Waals surface area contributed by atoms with Gasteiger partial charge in [0.2, 0.25) is 10.0 Å². The Hall–Kier alpha value is -3.47. The maximum Gasteiger partial charge on any atom is 0.339 e. The summed E-state index contributed by atoms with van der Waals surface area (Å²) >= 11 is 0. The van der Waals surface area contributed by atoms with Crippen LogP contribution in [0.3, 0.4) is 0 Å². The summed E-state index contributed by atoms with van der Waals surface area (Å²) in [5.74, 6) is -1.04. The van der Waals surface area contributed by atoms with Gasteiger partial charge in [0.05, 0.1) is 35.6 Å². The monoisotopic (exact) mass is 539 g/mol. The number of carbonyl (C=O) groups excluding carboxylic acids is 1. The van der Waals surface area contributed by atoms with E-state index in [1.54, 1.807) is 24.3 Å². The number of hydrogen-bond acceptors (Lipinski definition) is 7. The van der Waals surface area contributed by atoms with Crippen molar-refractivity contribution in [2.24, 2.45) is 11.8 Å². The first-order valence-corrected chi connectivity index (χ1v) is 14.0. The van der Waals surface area contributed by atoms with Crippen molar-refractivity contribution in [3.05, 3.63) is 94.6 Å². The van der Waals surface area contributed by atoms with Crippen LogP contribution in [0.1, 0.15) is 30.1 Å². The van der Waals surface area contributed by atoms with Crippen LogP contribution in [-0.4, -0.2) is 50.6 Å². The zero-order chi connectivity index (χ0) is 27.0. The highest BCUT2D eigenvalue weighted by Crippen LogP contribution is 2.48. The number of hydrogen-bond donors (Lipinski definition) is 2. The van der Waals surface area contributed by atoms with Crippen molar-refractivity contribution in [1.82, 2.24) is 9.73 Å². The molecule has 0 radical (unpaired) electrons. The van der Waals surface area contributed by atoms with Crippen molar-refractivity contribution in [2.45, 2.75) is 24.7 Å². The van der Waals surface area contributed by atoms with Gasteiger partial charge in [-0.1, -0.05) is 24.6 Å². The number of hydrazine groups is 1. The van der Waals surface area contributed by atoms with Crippen LogP contribution in [0.15, 0.2) is 88.1 Å². The largest absolute Gasteiger partial charge is 0.465 e. The summed E-state index contributed by atoms with van der Waals surface area (Å²) in [6.07, 6.45) is 5.63. The molecule has 0 bridgehead atoms. The first kappa shape index (κ1) is 26.1. The highest BCUT2D eigenvalue weighted by Gasteiger charge is 2.40. The molecule has 38 heavy (non-hydrogen) atoms. The summed E-state index contributed by atoms with van der Waals surface area (Å²) in [6.45, 7) is 1.86. The molecule has 10 heteroatoms. The number of aliphatic hydroxyl groups is 1. The van der Waals surface area contributed by atoms with E-state index in [4.69, 9.17) is 4.74 Å². The molecule has 200 valence electrons. The molecule has 2 atom stereocenters. The molecule has 0 saturated carbocycles. The van der Waals surface area contributed by atoms with E-state index in [0.29, 0.717) is 0 Å². The van der Waals surface area contributed by atoms with Gasteiger partial charge in [0.25, 0.3) is 0 Å². The van der Waals surface area contributed by atoms with Crippen LogP contribution < -0.4 is 10.4 Å². The third-order valence-electron chi connectivity index (χ3n) is 7.47. The van der Waals surface area contributed by atoms with Gasteiger partial charge in [-0.15, -0.1) is 0 Å². The second kappa shape index (κ2) is 10.4. The first-order chi connectivity index (χ1) is 18.3. The number of allylic oxidation sites excluding steroid dienone is 3. The highest BCUT2D eigenvalue weighted by molar-refractivity contribution is 7.89. The number of methoxy groups -OCH3 is 1. The predicted molar refractivity (Wildman–Crippen MR) is 141 cm³/mol. The van der Waals surface area contributed by atoms with Gasteiger partial charge in [-0.3, -0.25) is 5.01 Å². The average Bonchev–Trinajstić information content (AvgIpc) is 3.53. The number of carbonyl (C=O) groups is 1. The van der Waals surface area contributed by atoms with Gasteiger partial charge in [0, 0.05) is 30.8 Å². The van der Waals surface area contributed by atoms with Crippen molar-refractivity contribution in [3.63, 3.8) is 0 Å². The maximum absolute atomic E-state index is 13.7. The number of benzene rings is 2. The van der Waals surface area contributed by atoms with Crippen LogP contribution in [0, 0.1) is 17.7 Å². The lowest BCUT2D eigenvalue weighted by atomic mass is 9.80. The van der Waals surface area contributed by atoms with Gasteiger partial charge in [-0.25, -0.2) is 17.6 Å². The zero-order valence-electron chi connectivity index (χ0n) is 21.2. The van der Waals surface area contributed by atoms with Crippen molar-refractivity contribution >= 4 is 21.7 Å². The van der Waals surface area contributed by atoms with Gasteiger partial charge in [0.1, 0.15) is 5.82 Å². The maximum atomic E-state index is 13.7. The van der Waals surface area contributed by atoms with Crippen LogP contribution in [-0.2, 0) is 14.8 Å². The number of rotatable bonds is 8. The van der Waals surface area contributed by atoms with E-state index in [-0.39, 0.29) is 47.8 Å². The Morgan fingerprint density at radius 2 is 1.95 bits per heavy atom. The number of sulfonamides is 1. The van der Waals surface area contributed by atoms with Gasteiger partial charge in [-0.05, 0) is 66.8 Å². The average molecular weight is 540 g/mol. The Bertz CT molecular complexity index is 1450. The van der Waals surface area contributed by atoms with E-state index in [1.165, 1.54) is 46.8 Å². The molecule has 2 N–H and O–H groups in total.